The van der Waals surface area contributed by atoms with Crippen molar-refractivity contribution in [3.63, 3.8) is 0 Å². The van der Waals surface area contributed by atoms with Crippen LogP contribution in [-0.2, 0) is 6.42 Å². The Morgan fingerprint density at radius 2 is 2.50 bits per heavy atom. The zero-order valence-electron chi connectivity index (χ0n) is 8.48. The van der Waals surface area contributed by atoms with Crippen molar-refractivity contribution in [3.8, 4) is 0 Å². The molecule has 0 radical (unpaired) electrons. The summed E-state index contributed by atoms with van der Waals surface area (Å²) < 4.78 is 3.09. The van der Waals surface area contributed by atoms with E-state index in [0.29, 0.717) is 21.2 Å². The van der Waals surface area contributed by atoms with Crippen LogP contribution in [0.1, 0.15) is 31.9 Å². The van der Waals surface area contributed by atoms with Crippen LogP contribution in [0.5, 0.6) is 0 Å². The molecule has 2 nitrogen and oxygen atoms in total. The molecule has 0 bridgehead atoms. The molecule has 0 spiro atoms. The van der Waals surface area contributed by atoms with Crippen LogP contribution < -0.4 is 26.5 Å². The third kappa shape index (κ3) is 2.59. The van der Waals surface area contributed by atoms with E-state index in [9.17, 15) is 0 Å². The van der Waals surface area contributed by atoms with Gasteiger partial charge in [-0.05, 0) is 0 Å². The number of thiazole rings is 1. The number of hydrogen-bond donors (Lipinski definition) is 1. The first-order valence-electron chi connectivity index (χ1n) is 5.23. The molecule has 80 valence electrons. The Balaban J connectivity index is 1.94. The second kappa shape index (κ2) is 5.30. The quantitative estimate of drug-likeness (QED) is 0.462. The summed E-state index contributed by atoms with van der Waals surface area (Å²) >= 11 is 2.22. The van der Waals surface area contributed by atoms with Gasteiger partial charge in [-0.1, -0.05) is 0 Å². The number of rotatable bonds is 4. The molecule has 1 aliphatic rings. The van der Waals surface area contributed by atoms with Gasteiger partial charge in [-0.3, -0.25) is 0 Å². The normalized spacial score (nSPS) is 15.8. The second-order valence-corrected chi connectivity index (χ2v) is 8.10. The van der Waals surface area contributed by atoms with Gasteiger partial charge in [0.1, 0.15) is 0 Å². The molecule has 2 rings (SSSR count). The van der Waals surface area contributed by atoms with Gasteiger partial charge in [-0.15, -0.1) is 0 Å². The molecule has 4 heteroatoms. The van der Waals surface area contributed by atoms with Crippen LogP contribution in [0.4, 0.5) is 5.13 Å². The van der Waals surface area contributed by atoms with Gasteiger partial charge in [-0.25, -0.2) is 0 Å². The van der Waals surface area contributed by atoms with Crippen LogP contribution in [0.3, 0.4) is 0 Å². The van der Waals surface area contributed by atoms with E-state index >= 15 is 0 Å². The predicted molar refractivity (Wildman–Crippen MR) is 57.4 cm³/mol. The van der Waals surface area contributed by atoms with Gasteiger partial charge < -0.3 is 0 Å². The summed E-state index contributed by atoms with van der Waals surface area (Å²) in [5.41, 5.74) is 1.41. The van der Waals surface area contributed by atoms with E-state index in [1.807, 2.05) is 11.3 Å². The summed E-state index contributed by atoms with van der Waals surface area (Å²) in [5.74, 6) is 0. The van der Waals surface area contributed by atoms with Gasteiger partial charge in [0.15, 0.2) is 0 Å². The van der Waals surface area contributed by atoms with Crippen molar-refractivity contribution in [2.75, 3.05) is 16.3 Å². The monoisotopic (exact) mass is 323 g/mol. The van der Waals surface area contributed by atoms with Crippen LogP contribution in [-0.4, -0.2) is 16.0 Å². The Morgan fingerprint density at radius 1 is 1.57 bits per heavy atom. The summed E-state index contributed by atoms with van der Waals surface area (Å²) in [5, 5.41) is 4.60. The molecule has 0 unspecified atom stereocenters. The first-order valence-corrected chi connectivity index (χ1v) is 8.65. The summed E-state index contributed by atoms with van der Waals surface area (Å²) in [4.78, 5) is 4.66. The number of aromatic nitrogens is 1. The molecule has 0 saturated heterocycles. The molecule has 0 atom stereocenters. The van der Waals surface area contributed by atoms with E-state index in [2.05, 4.69) is 17.2 Å². The maximum atomic E-state index is 4.66. The zero-order valence-corrected chi connectivity index (χ0v) is 11.5. The summed E-state index contributed by atoms with van der Waals surface area (Å²) in [6, 6.07) is 0. The molecule has 0 saturated carbocycles. The number of hydrogen-bond acceptors (Lipinski definition) is 3. The Labute approximate surface area is 99.8 Å². The van der Waals surface area contributed by atoms with Crippen molar-refractivity contribution in [3.05, 3.63) is 8.58 Å². The van der Waals surface area contributed by atoms with E-state index in [0.717, 1.165) is 6.54 Å². The van der Waals surface area contributed by atoms with E-state index in [1.54, 1.807) is 2.88 Å². The molecule has 1 aromatic rings. The first kappa shape index (κ1) is 10.7. The number of halogens is 1. The number of fused-ring (bicyclic) bond motifs is 1. The van der Waals surface area contributed by atoms with Gasteiger partial charge in [0, 0.05) is 0 Å². The second-order valence-electron chi connectivity index (χ2n) is 3.45. The number of nitrogens with one attached hydrogen (secondary N) is 1. The molecule has 1 N–H and O–H groups in total. The van der Waals surface area contributed by atoms with Crippen LogP contribution in [0, 0.1) is 2.88 Å². The Kier molecular flexibility index (Phi) is 4.04. The molecule has 0 amide bonds. The number of nitrogens with zero attached hydrogens (tertiary/aromatic N) is 1. The van der Waals surface area contributed by atoms with E-state index in [1.165, 1.54) is 40.9 Å². The van der Waals surface area contributed by atoms with Crippen molar-refractivity contribution in [2.45, 2.75) is 32.6 Å². The van der Waals surface area contributed by atoms with E-state index in [-0.39, 0.29) is 0 Å². The fourth-order valence-electron chi connectivity index (χ4n) is 1.43. The van der Waals surface area contributed by atoms with Crippen LogP contribution >= 0.6 is 11.3 Å². The third-order valence-electron chi connectivity index (χ3n) is 2.22. The maximum absolute atomic E-state index is 4.66. The summed E-state index contributed by atoms with van der Waals surface area (Å²) in [7, 11) is 0. The fourth-order valence-corrected chi connectivity index (χ4v) is 5.94. The SMILES string of the molecule is CCCCNc1nc2c(s1)[I-]CCC2. The molecular weight excluding hydrogens is 307 g/mol. The number of unbranched alkanes of at least 4 members (excludes halogenated alkanes) is 1. The summed E-state index contributed by atoms with van der Waals surface area (Å²) in [6.45, 7) is 3.31. The van der Waals surface area contributed by atoms with Crippen LogP contribution in [0.25, 0.3) is 0 Å². The van der Waals surface area contributed by atoms with Crippen molar-refractivity contribution in [1.82, 2.24) is 4.98 Å². The number of aryl methyl sites for hydroxylation is 1. The predicted octanol–water partition coefficient (Wildman–Crippen LogP) is -0.440. The number of alkyl halides is 1. The molecule has 0 aliphatic carbocycles. The van der Waals surface area contributed by atoms with Crippen LogP contribution in [0.2, 0.25) is 0 Å². The van der Waals surface area contributed by atoms with Gasteiger partial charge in [0.2, 0.25) is 0 Å². The minimum atomic E-state index is 0.312. The van der Waals surface area contributed by atoms with Gasteiger partial charge in [0.05, 0.1) is 0 Å². The van der Waals surface area contributed by atoms with Crippen molar-refractivity contribution in [1.29, 1.82) is 0 Å². The molecule has 2 heterocycles. The van der Waals surface area contributed by atoms with Crippen molar-refractivity contribution in [2.24, 2.45) is 0 Å². The average Bonchev–Trinajstić information content (AvgIpc) is 2.60. The third-order valence-corrected chi connectivity index (χ3v) is 7.07. The summed E-state index contributed by atoms with van der Waals surface area (Å²) in [6.07, 6.45) is 5.10. The topological polar surface area (TPSA) is 24.9 Å². The number of anilines is 1. The Morgan fingerprint density at radius 3 is 3.29 bits per heavy atom. The van der Waals surface area contributed by atoms with Crippen molar-refractivity contribution < 1.29 is 21.2 Å². The van der Waals surface area contributed by atoms with Gasteiger partial charge in [0.25, 0.3) is 0 Å². The van der Waals surface area contributed by atoms with Gasteiger partial charge in [-0.2, -0.15) is 0 Å². The van der Waals surface area contributed by atoms with Crippen molar-refractivity contribution >= 4 is 16.5 Å². The molecular formula is C10H16IN2S-. The fraction of sp³-hybridized carbons (Fsp3) is 0.700. The standard InChI is InChI=1S/C10H16IN2S/c1-2-3-7-12-10-13-8-5-4-6-11-9(8)14-10/h2-7H2,1H3,(H,12,13)/q-1. The molecule has 0 aromatic carbocycles. The van der Waals surface area contributed by atoms with Gasteiger partial charge >= 0.3 is 100 Å². The molecule has 0 fully saturated rings. The molecule has 1 aliphatic heterocycles. The van der Waals surface area contributed by atoms with E-state index < -0.39 is 0 Å². The molecule has 14 heavy (non-hydrogen) atoms. The Hall–Kier alpha value is 0.160. The Bertz CT molecular complexity index is 275. The van der Waals surface area contributed by atoms with Crippen LogP contribution in [0.15, 0.2) is 0 Å². The first-order chi connectivity index (χ1) is 6.90. The van der Waals surface area contributed by atoms with E-state index in [4.69, 9.17) is 0 Å². The molecule has 1 aromatic heterocycles. The minimum absolute atomic E-state index is 0.312. The average molecular weight is 323 g/mol. The zero-order chi connectivity index (χ0) is 9.80.